The summed E-state index contributed by atoms with van der Waals surface area (Å²) in [5.74, 6) is 0. The van der Waals surface area contributed by atoms with Crippen molar-refractivity contribution < 1.29 is 4.92 Å². The van der Waals surface area contributed by atoms with E-state index in [4.69, 9.17) is 11.0 Å². The first-order chi connectivity index (χ1) is 9.10. The molecule has 6 heteroatoms. The summed E-state index contributed by atoms with van der Waals surface area (Å²) < 4.78 is 0. The second-order valence-electron chi connectivity index (χ2n) is 3.85. The summed E-state index contributed by atoms with van der Waals surface area (Å²) >= 11 is 0. The van der Waals surface area contributed by atoms with Crippen LogP contribution in [0.2, 0.25) is 0 Å². The molecule has 0 amide bonds. The zero-order valence-electron chi connectivity index (χ0n) is 9.83. The van der Waals surface area contributed by atoms with Gasteiger partial charge in [-0.2, -0.15) is 5.26 Å². The lowest BCUT2D eigenvalue weighted by Gasteiger charge is -2.08. The fourth-order valence-electron chi connectivity index (χ4n) is 1.62. The van der Waals surface area contributed by atoms with Gasteiger partial charge in [-0.25, -0.2) is 0 Å². The fraction of sp³-hybridized carbons (Fsp3) is 0. The Kier molecular flexibility index (Phi) is 3.30. The first kappa shape index (κ1) is 12.4. The van der Waals surface area contributed by atoms with Gasteiger partial charge < -0.3 is 11.1 Å². The summed E-state index contributed by atoms with van der Waals surface area (Å²) in [6, 6.07) is 13.0. The van der Waals surface area contributed by atoms with Crippen LogP contribution in [0.15, 0.2) is 42.5 Å². The number of nitrogen functional groups attached to an aromatic ring is 1. The zero-order chi connectivity index (χ0) is 13.8. The number of rotatable bonds is 3. The second-order valence-corrected chi connectivity index (χ2v) is 3.85. The van der Waals surface area contributed by atoms with Crippen molar-refractivity contribution in [2.75, 3.05) is 11.1 Å². The van der Waals surface area contributed by atoms with E-state index in [1.807, 2.05) is 6.07 Å². The van der Waals surface area contributed by atoms with E-state index in [0.29, 0.717) is 17.1 Å². The van der Waals surface area contributed by atoms with Crippen LogP contribution < -0.4 is 11.1 Å². The SMILES string of the molecule is N#Cc1cc([N+](=O)[O-])ccc1Nc1cccc(N)c1. The molecule has 0 saturated heterocycles. The van der Waals surface area contributed by atoms with E-state index in [1.54, 1.807) is 24.3 Å². The molecule has 0 fully saturated rings. The predicted molar refractivity (Wildman–Crippen MR) is 71.9 cm³/mol. The van der Waals surface area contributed by atoms with Crippen molar-refractivity contribution in [2.24, 2.45) is 0 Å². The third kappa shape index (κ3) is 2.79. The molecule has 0 aliphatic rings. The van der Waals surface area contributed by atoms with Crippen molar-refractivity contribution in [3.05, 3.63) is 58.1 Å². The molecule has 0 aliphatic heterocycles. The Labute approximate surface area is 109 Å². The minimum atomic E-state index is -0.537. The number of nitro groups is 1. The average Bonchev–Trinajstić information content (AvgIpc) is 2.39. The van der Waals surface area contributed by atoms with Crippen LogP contribution in [0.3, 0.4) is 0 Å². The van der Waals surface area contributed by atoms with Gasteiger partial charge in [-0.3, -0.25) is 10.1 Å². The van der Waals surface area contributed by atoms with Gasteiger partial charge in [-0.1, -0.05) is 6.07 Å². The highest BCUT2D eigenvalue weighted by Gasteiger charge is 2.10. The van der Waals surface area contributed by atoms with E-state index < -0.39 is 4.92 Å². The van der Waals surface area contributed by atoms with Crippen LogP contribution in [0, 0.1) is 21.4 Å². The van der Waals surface area contributed by atoms with Gasteiger partial charge in [0.15, 0.2) is 0 Å². The van der Waals surface area contributed by atoms with Crippen LogP contribution >= 0.6 is 0 Å². The molecular weight excluding hydrogens is 244 g/mol. The van der Waals surface area contributed by atoms with Crippen LogP contribution in [-0.2, 0) is 0 Å². The van der Waals surface area contributed by atoms with Gasteiger partial charge in [0.2, 0.25) is 0 Å². The maximum atomic E-state index is 10.6. The fourth-order valence-corrected chi connectivity index (χ4v) is 1.62. The predicted octanol–water partition coefficient (Wildman–Crippen LogP) is 2.79. The van der Waals surface area contributed by atoms with Crippen molar-refractivity contribution in [1.82, 2.24) is 0 Å². The lowest BCUT2D eigenvalue weighted by Crippen LogP contribution is -1.96. The number of nitro benzene ring substituents is 1. The van der Waals surface area contributed by atoms with Crippen LogP contribution in [0.25, 0.3) is 0 Å². The summed E-state index contributed by atoms with van der Waals surface area (Å²) in [5, 5.41) is 22.7. The maximum absolute atomic E-state index is 10.6. The monoisotopic (exact) mass is 254 g/mol. The number of benzene rings is 2. The molecule has 0 heterocycles. The molecule has 6 nitrogen and oxygen atoms in total. The van der Waals surface area contributed by atoms with Crippen LogP contribution in [0.5, 0.6) is 0 Å². The Morgan fingerprint density at radius 2 is 2.05 bits per heavy atom. The highest BCUT2D eigenvalue weighted by Crippen LogP contribution is 2.25. The van der Waals surface area contributed by atoms with Gasteiger partial charge >= 0.3 is 0 Å². The number of hydrogen-bond acceptors (Lipinski definition) is 5. The zero-order valence-corrected chi connectivity index (χ0v) is 9.83. The number of nitriles is 1. The summed E-state index contributed by atoms with van der Waals surface area (Å²) in [6.07, 6.45) is 0. The highest BCUT2D eigenvalue weighted by molar-refractivity contribution is 5.70. The van der Waals surface area contributed by atoms with E-state index in [1.165, 1.54) is 18.2 Å². The minimum absolute atomic E-state index is 0.116. The molecule has 0 aliphatic carbocycles. The van der Waals surface area contributed by atoms with Crippen LogP contribution in [0.4, 0.5) is 22.7 Å². The lowest BCUT2D eigenvalue weighted by atomic mass is 10.1. The summed E-state index contributed by atoms with van der Waals surface area (Å²) in [6.45, 7) is 0. The molecular formula is C13H10N4O2. The minimum Gasteiger partial charge on any atom is -0.399 e. The van der Waals surface area contributed by atoms with Gasteiger partial charge in [0.25, 0.3) is 5.69 Å². The molecule has 3 N–H and O–H groups in total. The summed E-state index contributed by atoms with van der Waals surface area (Å²) in [7, 11) is 0. The van der Waals surface area contributed by atoms with Crippen molar-refractivity contribution in [1.29, 1.82) is 5.26 Å². The van der Waals surface area contributed by atoms with Gasteiger partial charge in [0.1, 0.15) is 6.07 Å². The summed E-state index contributed by atoms with van der Waals surface area (Å²) in [5.41, 5.74) is 7.54. The number of nitrogens with two attached hydrogens (primary N) is 1. The van der Waals surface area contributed by atoms with Crippen molar-refractivity contribution >= 4 is 22.7 Å². The maximum Gasteiger partial charge on any atom is 0.270 e. The molecule has 0 atom stereocenters. The number of nitrogens with zero attached hydrogens (tertiary/aromatic N) is 2. The lowest BCUT2D eigenvalue weighted by molar-refractivity contribution is -0.384. The van der Waals surface area contributed by atoms with Gasteiger partial charge in [-0.15, -0.1) is 0 Å². The Bertz CT molecular complexity index is 677. The second kappa shape index (κ2) is 5.06. The number of hydrogen-bond donors (Lipinski definition) is 2. The highest BCUT2D eigenvalue weighted by atomic mass is 16.6. The first-order valence-corrected chi connectivity index (χ1v) is 5.41. The molecule has 94 valence electrons. The van der Waals surface area contributed by atoms with E-state index in [0.717, 1.165) is 0 Å². The van der Waals surface area contributed by atoms with E-state index in [2.05, 4.69) is 5.32 Å². The van der Waals surface area contributed by atoms with Crippen LogP contribution in [0.1, 0.15) is 5.56 Å². The molecule has 2 rings (SSSR count). The molecule has 0 radical (unpaired) electrons. The molecule has 0 saturated carbocycles. The number of anilines is 3. The Hall–Kier alpha value is -3.07. The average molecular weight is 254 g/mol. The van der Waals surface area contributed by atoms with Gasteiger partial charge in [0, 0.05) is 23.5 Å². The van der Waals surface area contributed by atoms with Gasteiger partial charge in [0.05, 0.1) is 16.2 Å². The largest absolute Gasteiger partial charge is 0.399 e. The Morgan fingerprint density at radius 1 is 1.26 bits per heavy atom. The molecule has 0 aromatic heterocycles. The van der Waals surface area contributed by atoms with E-state index >= 15 is 0 Å². The number of non-ortho nitro benzene ring substituents is 1. The molecule has 0 spiro atoms. The van der Waals surface area contributed by atoms with Crippen molar-refractivity contribution in [3.63, 3.8) is 0 Å². The van der Waals surface area contributed by atoms with Crippen molar-refractivity contribution in [3.8, 4) is 6.07 Å². The Balaban J connectivity index is 2.36. The standard InChI is InChI=1S/C13H10N4O2/c14-8-9-6-12(17(18)19)4-5-13(9)16-11-3-1-2-10(15)7-11/h1-7,16H,15H2. The van der Waals surface area contributed by atoms with E-state index in [-0.39, 0.29) is 11.3 Å². The normalized spacial score (nSPS) is 9.63. The third-order valence-electron chi connectivity index (χ3n) is 2.50. The van der Waals surface area contributed by atoms with Crippen molar-refractivity contribution in [2.45, 2.75) is 0 Å². The number of nitrogens with one attached hydrogen (secondary N) is 1. The summed E-state index contributed by atoms with van der Waals surface area (Å²) in [4.78, 5) is 10.1. The third-order valence-corrected chi connectivity index (χ3v) is 2.50. The van der Waals surface area contributed by atoms with Crippen LogP contribution in [-0.4, -0.2) is 4.92 Å². The van der Waals surface area contributed by atoms with E-state index in [9.17, 15) is 10.1 Å². The van der Waals surface area contributed by atoms with Gasteiger partial charge in [-0.05, 0) is 24.3 Å². The quantitative estimate of drug-likeness (QED) is 0.497. The molecule has 0 bridgehead atoms. The first-order valence-electron chi connectivity index (χ1n) is 5.41. The molecule has 2 aromatic carbocycles. The smallest absolute Gasteiger partial charge is 0.270 e. The topological polar surface area (TPSA) is 105 Å². The molecule has 0 unspecified atom stereocenters. The molecule has 2 aromatic rings. The Morgan fingerprint density at radius 3 is 2.68 bits per heavy atom. The molecule has 19 heavy (non-hydrogen) atoms.